The van der Waals surface area contributed by atoms with Gasteiger partial charge in [0.15, 0.2) is 0 Å². The Morgan fingerprint density at radius 2 is 1.03 bits per heavy atom. The second kappa shape index (κ2) is 6.95. The Bertz CT molecular complexity index is 1590. The van der Waals surface area contributed by atoms with Crippen molar-refractivity contribution in [3.8, 4) is 11.4 Å². The Morgan fingerprint density at radius 3 is 1.55 bits per heavy atom. The summed E-state index contributed by atoms with van der Waals surface area (Å²) in [6.07, 6.45) is 0. The fraction of sp³-hybridized carbons (Fsp3) is 0.0800. The van der Waals surface area contributed by atoms with Crippen LogP contribution >= 0.6 is 0 Å². The maximum Gasteiger partial charge on any atom is 0.296 e. The van der Waals surface area contributed by atoms with E-state index in [1.807, 2.05) is 42.5 Å². The fourth-order valence-electron chi connectivity index (χ4n) is 4.16. The van der Waals surface area contributed by atoms with Gasteiger partial charge in [-0.05, 0) is 42.0 Å². The van der Waals surface area contributed by atoms with Gasteiger partial charge in [0.25, 0.3) is 16.7 Å². The lowest BCUT2D eigenvalue weighted by atomic mass is 10.1. The molecule has 0 bridgehead atoms. The third-order valence-electron chi connectivity index (χ3n) is 5.76. The summed E-state index contributed by atoms with van der Waals surface area (Å²) in [7, 11) is 1.74. The van der Waals surface area contributed by atoms with Crippen molar-refractivity contribution in [1.82, 2.24) is 13.9 Å². The zero-order chi connectivity index (χ0) is 21.7. The number of rotatable bonds is 2. The number of hydrogen-bond acceptors (Lipinski definition) is 3. The van der Waals surface area contributed by atoms with Crippen molar-refractivity contribution < 1.29 is 0 Å². The second-order valence-electron chi connectivity index (χ2n) is 7.45. The highest BCUT2D eigenvalue weighted by Gasteiger charge is 2.22. The Morgan fingerprint density at radius 1 is 0.581 bits per heavy atom. The maximum absolute atomic E-state index is 13.6. The lowest BCUT2D eigenvalue weighted by molar-refractivity contribution is 0.630. The first-order valence-electron chi connectivity index (χ1n) is 9.92. The van der Waals surface area contributed by atoms with Gasteiger partial charge in [-0.25, -0.2) is 9.25 Å². The molecule has 0 amide bonds. The average Bonchev–Trinajstić information content (AvgIpc) is 2.97. The summed E-state index contributed by atoms with van der Waals surface area (Å²) in [5.41, 5.74) is -0.212. The minimum absolute atomic E-state index is 0.0628. The van der Waals surface area contributed by atoms with Crippen LogP contribution in [0.15, 0.2) is 93.2 Å². The molecule has 0 aliphatic carbocycles. The van der Waals surface area contributed by atoms with E-state index in [0.29, 0.717) is 32.9 Å². The molecular weight excluding hydrogens is 390 g/mol. The largest absolute Gasteiger partial charge is 0.296 e. The zero-order valence-corrected chi connectivity index (χ0v) is 17.1. The maximum atomic E-state index is 13.6. The molecule has 3 aromatic carbocycles. The van der Waals surface area contributed by atoms with Gasteiger partial charge in [-0.2, -0.15) is 0 Å². The van der Waals surface area contributed by atoms with Crippen molar-refractivity contribution in [2.75, 3.05) is 0 Å². The number of nitrogens with zero attached hydrogens (tertiary/aromatic N) is 3. The number of benzene rings is 3. The van der Waals surface area contributed by atoms with Gasteiger partial charge in [0.2, 0.25) is 0 Å². The Kier molecular flexibility index (Phi) is 4.22. The Balaban J connectivity index is 2.02. The predicted octanol–water partition coefficient (Wildman–Crippen LogP) is 3.30. The molecule has 31 heavy (non-hydrogen) atoms. The molecule has 0 N–H and O–H groups in total. The smallest absolute Gasteiger partial charge is 0.283 e. The van der Waals surface area contributed by atoms with Crippen LogP contribution in [0.25, 0.3) is 32.9 Å². The quantitative estimate of drug-likeness (QED) is 0.449. The normalized spacial score (nSPS) is 11.3. The van der Waals surface area contributed by atoms with Gasteiger partial charge in [-0.1, -0.05) is 54.6 Å². The molecule has 0 saturated heterocycles. The summed E-state index contributed by atoms with van der Waals surface area (Å²) in [6.45, 7) is 1.74. The molecule has 2 heterocycles. The van der Waals surface area contributed by atoms with Gasteiger partial charge in [-0.15, -0.1) is 0 Å². The molecule has 152 valence electrons. The van der Waals surface area contributed by atoms with Crippen LogP contribution in [0.4, 0.5) is 0 Å². The van der Waals surface area contributed by atoms with Gasteiger partial charge >= 0.3 is 0 Å². The van der Waals surface area contributed by atoms with Crippen LogP contribution in [0.5, 0.6) is 0 Å². The summed E-state index contributed by atoms with van der Waals surface area (Å²) in [6, 6.07) is 23.3. The van der Waals surface area contributed by atoms with E-state index in [2.05, 4.69) is 0 Å². The highest BCUT2D eigenvalue weighted by Crippen LogP contribution is 2.20. The van der Waals surface area contributed by atoms with Crippen LogP contribution in [-0.2, 0) is 7.05 Å². The fourth-order valence-corrected chi connectivity index (χ4v) is 4.16. The van der Waals surface area contributed by atoms with Crippen LogP contribution in [0, 0.1) is 6.92 Å². The lowest BCUT2D eigenvalue weighted by Crippen LogP contribution is -2.33. The van der Waals surface area contributed by atoms with Crippen molar-refractivity contribution in [3.63, 3.8) is 0 Å². The molecule has 0 aliphatic rings. The minimum atomic E-state index is -0.511. The standard InChI is InChI=1S/C25H19N3O3/c1-16-22(25(31)28(26(16)2)17-10-4-3-5-11-17)27-23(29)20-14-8-6-12-18(20)19-13-7-9-15-21(19)24(27)30/h3-15H,1-2H3. The molecule has 5 aromatic rings. The molecule has 6 nitrogen and oxygen atoms in total. The first-order chi connectivity index (χ1) is 15.0. The monoisotopic (exact) mass is 409 g/mol. The van der Waals surface area contributed by atoms with E-state index >= 15 is 0 Å². The number of hydrogen-bond donors (Lipinski definition) is 0. The van der Waals surface area contributed by atoms with Crippen LogP contribution in [0.1, 0.15) is 5.69 Å². The van der Waals surface area contributed by atoms with Gasteiger partial charge < -0.3 is 0 Å². The zero-order valence-electron chi connectivity index (χ0n) is 17.1. The molecule has 0 saturated carbocycles. The summed E-state index contributed by atoms with van der Waals surface area (Å²) in [4.78, 5) is 40.8. The summed E-state index contributed by atoms with van der Waals surface area (Å²) < 4.78 is 4.16. The average molecular weight is 409 g/mol. The molecule has 0 aliphatic heterocycles. The first-order valence-corrected chi connectivity index (χ1v) is 9.92. The van der Waals surface area contributed by atoms with Crippen molar-refractivity contribution in [2.45, 2.75) is 6.92 Å². The van der Waals surface area contributed by atoms with Crippen molar-refractivity contribution in [2.24, 2.45) is 7.05 Å². The highest BCUT2D eigenvalue weighted by molar-refractivity contribution is 6.05. The van der Waals surface area contributed by atoms with E-state index in [1.54, 1.807) is 55.1 Å². The number of fused-ring (bicyclic) bond motifs is 3. The van der Waals surface area contributed by atoms with E-state index in [1.165, 1.54) is 4.68 Å². The van der Waals surface area contributed by atoms with Gasteiger partial charge in [0, 0.05) is 17.8 Å². The summed E-state index contributed by atoms with van der Waals surface area (Å²) in [5, 5.41) is 2.12. The topological polar surface area (TPSA) is 66.0 Å². The van der Waals surface area contributed by atoms with E-state index in [0.717, 1.165) is 4.57 Å². The first kappa shape index (κ1) is 18.8. The van der Waals surface area contributed by atoms with Crippen LogP contribution in [-0.4, -0.2) is 13.9 Å². The van der Waals surface area contributed by atoms with Crippen molar-refractivity contribution in [1.29, 1.82) is 0 Å². The summed E-state index contributed by atoms with van der Waals surface area (Å²) in [5.74, 6) is 0. The SMILES string of the molecule is Cc1c(-n2c(=O)c3ccccc3c3ccccc3c2=O)c(=O)n(-c2ccccc2)n1C. The van der Waals surface area contributed by atoms with E-state index in [-0.39, 0.29) is 5.69 Å². The van der Waals surface area contributed by atoms with Crippen LogP contribution in [0.3, 0.4) is 0 Å². The van der Waals surface area contributed by atoms with E-state index in [9.17, 15) is 14.4 Å². The molecule has 0 atom stereocenters. The Labute approximate surface area is 176 Å². The molecule has 2 aromatic heterocycles. The lowest BCUT2D eigenvalue weighted by Gasteiger charge is -2.07. The minimum Gasteiger partial charge on any atom is -0.283 e. The highest BCUT2D eigenvalue weighted by atomic mass is 16.2. The Hall–Kier alpha value is -4.19. The predicted molar refractivity (Wildman–Crippen MR) is 123 cm³/mol. The molecule has 0 fully saturated rings. The third-order valence-corrected chi connectivity index (χ3v) is 5.76. The molecule has 0 unspecified atom stereocenters. The molecule has 5 rings (SSSR count). The summed E-state index contributed by atoms with van der Waals surface area (Å²) >= 11 is 0. The van der Waals surface area contributed by atoms with Crippen LogP contribution in [0.2, 0.25) is 0 Å². The molecule has 6 heteroatoms. The number of aromatic nitrogens is 3. The van der Waals surface area contributed by atoms with Gasteiger partial charge in [-0.3, -0.25) is 19.1 Å². The number of para-hydroxylation sites is 1. The van der Waals surface area contributed by atoms with Crippen molar-refractivity contribution >= 4 is 21.5 Å². The molecule has 0 radical (unpaired) electrons. The molecule has 0 spiro atoms. The third kappa shape index (κ3) is 2.69. The van der Waals surface area contributed by atoms with Gasteiger partial charge in [0.1, 0.15) is 5.69 Å². The van der Waals surface area contributed by atoms with Gasteiger partial charge in [0.05, 0.1) is 11.4 Å². The second-order valence-corrected chi connectivity index (χ2v) is 7.45. The van der Waals surface area contributed by atoms with E-state index < -0.39 is 16.7 Å². The van der Waals surface area contributed by atoms with Crippen LogP contribution < -0.4 is 16.7 Å². The van der Waals surface area contributed by atoms with E-state index in [4.69, 9.17) is 0 Å². The molecular formula is C25H19N3O3. The van der Waals surface area contributed by atoms with Crippen molar-refractivity contribution in [3.05, 3.63) is 116 Å².